The Bertz CT molecular complexity index is 1250. The van der Waals surface area contributed by atoms with Crippen LogP contribution in [0.1, 0.15) is 32.6 Å². The average Bonchev–Trinajstić information content (AvgIpc) is 3.16. The first kappa shape index (κ1) is 21.1. The van der Waals surface area contributed by atoms with Gasteiger partial charge in [0.25, 0.3) is 5.91 Å². The highest BCUT2D eigenvalue weighted by Crippen LogP contribution is 2.34. The van der Waals surface area contributed by atoms with E-state index in [1.165, 1.54) is 28.4 Å². The second-order valence-corrected chi connectivity index (χ2v) is 8.36. The van der Waals surface area contributed by atoms with Gasteiger partial charge in [-0.05, 0) is 54.8 Å². The van der Waals surface area contributed by atoms with Crippen LogP contribution in [0.4, 0.5) is 18.3 Å². The molecule has 158 valence electrons. The number of carbonyl (C=O) groups excluding carboxylic acids is 1. The van der Waals surface area contributed by atoms with Gasteiger partial charge in [0.2, 0.25) is 0 Å². The summed E-state index contributed by atoms with van der Waals surface area (Å²) in [4.78, 5) is 19.5. The molecule has 0 fully saturated rings. The summed E-state index contributed by atoms with van der Waals surface area (Å²) >= 11 is 1.36. The Kier molecular flexibility index (Phi) is 5.54. The second kappa shape index (κ2) is 8.15. The zero-order valence-electron chi connectivity index (χ0n) is 16.9. The van der Waals surface area contributed by atoms with Crippen LogP contribution in [0.25, 0.3) is 10.2 Å². The molecule has 0 unspecified atom stereocenters. The van der Waals surface area contributed by atoms with E-state index in [1.54, 1.807) is 0 Å². The summed E-state index contributed by atoms with van der Waals surface area (Å²) in [6.45, 7) is 4.15. The van der Waals surface area contributed by atoms with E-state index in [9.17, 15) is 18.0 Å². The van der Waals surface area contributed by atoms with Gasteiger partial charge in [-0.25, -0.2) is 4.98 Å². The molecule has 0 N–H and O–H groups in total. The van der Waals surface area contributed by atoms with Gasteiger partial charge in [0, 0.05) is 5.56 Å². The summed E-state index contributed by atoms with van der Waals surface area (Å²) in [6.07, 6.45) is -4.52. The lowest BCUT2D eigenvalue weighted by molar-refractivity contribution is -0.137. The van der Waals surface area contributed by atoms with Gasteiger partial charge in [0.1, 0.15) is 0 Å². The van der Waals surface area contributed by atoms with Crippen LogP contribution in [0.3, 0.4) is 0 Å². The maximum Gasteiger partial charge on any atom is 0.416 e. The molecule has 0 saturated heterocycles. The third kappa shape index (κ3) is 4.46. The Morgan fingerprint density at radius 3 is 2.45 bits per heavy atom. The molecule has 0 spiro atoms. The standard InChI is InChI=1S/C24H19F3N2OS/c1-15-11-16(2)21-20(12-15)28-23(31-21)29(14-17-7-4-3-5-8-17)22(30)18-9-6-10-19(13-18)24(25,26)27/h3-13H,14H2,1-2H3. The van der Waals surface area contributed by atoms with Crippen LogP contribution in [0, 0.1) is 13.8 Å². The van der Waals surface area contributed by atoms with Crippen LogP contribution >= 0.6 is 11.3 Å². The Hall–Kier alpha value is -3.19. The van der Waals surface area contributed by atoms with E-state index in [0.29, 0.717) is 5.13 Å². The molecule has 3 aromatic carbocycles. The molecule has 0 aliphatic heterocycles. The topological polar surface area (TPSA) is 33.2 Å². The maximum absolute atomic E-state index is 13.4. The smallest absolute Gasteiger partial charge is 0.279 e. The molecule has 4 rings (SSSR count). The summed E-state index contributed by atoms with van der Waals surface area (Å²) in [5.74, 6) is -0.525. The van der Waals surface area contributed by atoms with Gasteiger partial charge in [-0.2, -0.15) is 13.2 Å². The molecule has 0 radical (unpaired) electrons. The van der Waals surface area contributed by atoms with E-state index < -0.39 is 17.6 Å². The number of nitrogens with zero attached hydrogens (tertiary/aromatic N) is 2. The number of halogens is 3. The van der Waals surface area contributed by atoms with Crippen LogP contribution in [-0.4, -0.2) is 10.9 Å². The molecular weight excluding hydrogens is 421 g/mol. The van der Waals surface area contributed by atoms with Crippen LogP contribution in [0.2, 0.25) is 0 Å². The highest BCUT2D eigenvalue weighted by atomic mass is 32.1. The van der Waals surface area contributed by atoms with Crippen molar-refractivity contribution in [3.63, 3.8) is 0 Å². The van der Waals surface area contributed by atoms with Gasteiger partial charge in [-0.15, -0.1) is 0 Å². The fourth-order valence-electron chi connectivity index (χ4n) is 3.46. The fraction of sp³-hybridized carbons (Fsp3) is 0.167. The lowest BCUT2D eigenvalue weighted by atomic mass is 10.1. The summed E-state index contributed by atoms with van der Waals surface area (Å²) in [5.41, 5.74) is 2.85. The van der Waals surface area contributed by atoms with Crippen molar-refractivity contribution in [1.82, 2.24) is 4.98 Å². The van der Waals surface area contributed by atoms with Crippen LogP contribution in [0.15, 0.2) is 66.7 Å². The van der Waals surface area contributed by atoms with Crippen molar-refractivity contribution in [3.8, 4) is 0 Å². The maximum atomic E-state index is 13.4. The third-order valence-corrected chi connectivity index (χ3v) is 6.13. The zero-order valence-corrected chi connectivity index (χ0v) is 17.7. The van der Waals surface area contributed by atoms with Gasteiger partial charge in [-0.3, -0.25) is 9.69 Å². The number of alkyl halides is 3. The molecule has 1 aromatic heterocycles. The van der Waals surface area contributed by atoms with Gasteiger partial charge in [0.05, 0.1) is 22.3 Å². The molecule has 4 aromatic rings. The average molecular weight is 440 g/mol. The van der Waals surface area contributed by atoms with Gasteiger partial charge in [0.15, 0.2) is 5.13 Å². The quantitative estimate of drug-likeness (QED) is 0.350. The Morgan fingerprint density at radius 2 is 1.74 bits per heavy atom. The van der Waals surface area contributed by atoms with Gasteiger partial charge >= 0.3 is 6.18 Å². The number of thiazole rings is 1. The van der Waals surface area contributed by atoms with Crippen LogP contribution in [-0.2, 0) is 12.7 Å². The van der Waals surface area contributed by atoms with E-state index in [0.717, 1.165) is 39.0 Å². The zero-order chi connectivity index (χ0) is 22.2. The number of aromatic nitrogens is 1. The number of benzene rings is 3. The normalized spacial score (nSPS) is 11.6. The lowest BCUT2D eigenvalue weighted by Gasteiger charge is -2.20. The third-order valence-electron chi connectivity index (χ3n) is 4.91. The van der Waals surface area contributed by atoms with Crippen LogP contribution < -0.4 is 4.90 Å². The molecule has 0 aliphatic rings. The largest absolute Gasteiger partial charge is 0.416 e. The van der Waals surface area contributed by atoms with Crippen molar-refractivity contribution >= 4 is 32.6 Å². The molecule has 7 heteroatoms. The summed E-state index contributed by atoms with van der Waals surface area (Å²) in [7, 11) is 0. The van der Waals surface area contributed by atoms with E-state index in [2.05, 4.69) is 4.98 Å². The summed E-state index contributed by atoms with van der Waals surface area (Å²) in [6, 6.07) is 17.8. The molecule has 0 atom stereocenters. The van der Waals surface area contributed by atoms with Crippen LogP contribution in [0.5, 0.6) is 0 Å². The molecule has 0 aliphatic carbocycles. The number of hydrogen-bond acceptors (Lipinski definition) is 3. The number of fused-ring (bicyclic) bond motifs is 1. The van der Waals surface area contributed by atoms with E-state index in [-0.39, 0.29) is 12.1 Å². The number of aryl methyl sites for hydroxylation is 2. The SMILES string of the molecule is Cc1cc(C)c2sc(N(Cc3ccccc3)C(=O)c3cccc(C(F)(F)F)c3)nc2c1. The minimum Gasteiger partial charge on any atom is -0.279 e. The van der Waals surface area contributed by atoms with Crippen molar-refractivity contribution in [2.24, 2.45) is 0 Å². The Morgan fingerprint density at radius 1 is 1.00 bits per heavy atom. The molecule has 1 heterocycles. The van der Waals surface area contributed by atoms with E-state index >= 15 is 0 Å². The molecule has 0 saturated carbocycles. The monoisotopic (exact) mass is 440 g/mol. The number of rotatable bonds is 4. The first-order valence-electron chi connectivity index (χ1n) is 9.63. The summed E-state index contributed by atoms with van der Waals surface area (Å²) < 4.78 is 40.5. The minimum atomic E-state index is -4.52. The van der Waals surface area contributed by atoms with Crippen molar-refractivity contribution < 1.29 is 18.0 Å². The van der Waals surface area contributed by atoms with Crippen molar-refractivity contribution in [3.05, 3.63) is 94.5 Å². The lowest BCUT2D eigenvalue weighted by Crippen LogP contribution is -2.30. The van der Waals surface area contributed by atoms with Crippen molar-refractivity contribution in [1.29, 1.82) is 0 Å². The predicted molar refractivity (Wildman–Crippen MR) is 117 cm³/mol. The van der Waals surface area contributed by atoms with E-state index in [4.69, 9.17) is 0 Å². The number of amides is 1. The summed E-state index contributed by atoms with van der Waals surface area (Å²) in [5, 5.41) is 0.454. The van der Waals surface area contributed by atoms with Crippen molar-refractivity contribution in [2.75, 3.05) is 4.90 Å². The second-order valence-electron chi connectivity index (χ2n) is 7.38. The fourth-order valence-corrected chi connectivity index (χ4v) is 4.47. The number of anilines is 1. The molecule has 0 bridgehead atoms. The highest BCUT2D eigenvalue weighted by Gasteiger charge is 2.32. The Labute approximate surface area is 181 Å². The van der Waals surface area contributed by atoms with Gasteiger partial charge in [-0.1, -0.05) is 53.8 Å². The van der Waals surface area contributed by atoms with E-state index in [1.807, 2.05) is 56.3 Å². The first-order valence-corrected chi connectivity index (χ1v) is 10.4. The van der Waals surface area contributed by atoms with Crippen molar-refractivity contribution in [2.45, 2.75) is 26.6 Å². The van der Waals surface area contributed by atoms with Gasteiger partial charge < -0.3 is 0 Å². The highest BCUT2D eigenvalue weighted by molar-refractivity contribution is 7.22. The molecule has 3 nitrogen and oxygen atoms in total. The minimum absolute atomic E-state index is 0.0297. The predicted octanol–water partition coefficient (Wildman–Crippen LogP) is 6.78. The Balaban J connectivity index is 1.80. The molecule has 31 heavy (non-hydrogen) atoms. The first-order chi connectivity index (χ1) is 14.7. The molecular formula is C24H19F3N2OS. The number of hydrogen-bond donors (Lipinski definition) is 0. The molecule has 1 amide bonds. The number of carbonyl (C=O) groups is 1.